The van der Waals surface area contributed by atoms with E-state index in [4.69, 9.17) is 0 Å². The number of hydrogen-bond acceptors (Lipinski definition) is 3. The van der Waals surface area contributed by atoms with Gasteiger partial charge in [-0.05, 0) is 37.9 Å². The van der Waals surface area contributed by atoms with Crippen molar-refractivity contribution in [3.05, 3.63) is 77.5 Å². The number of aryl methyl sites for hydroxylation is 1. The van der Waals surface area contributed by atoms with Gasteiger partial charge in [-0.25, -0.2) is 0 Å². The summed E-state index contributed by atoms with van der Waals surface area (Å²) in [7, 11) is 0. The van der Waals surface area contributed by atoms with Crippen LogP contribution in [0.3, 0.4) is 0 Å². The summed E-state index contributed by atoms with van der Waals surface area (Å²) < 4.78 is 0. The minimum Gasteiger partial charge on any atom is -0.395 e. The number of benzene rings is 2. The molecule has 2 aromatic carbocycles. The van der Waals surface area contributed by atoms with E-state index in [0.717, 1.165) is 38.2 Å². The van der Waals surface area contributed by atoms with Crippen molar-refractivity contribution < 1.29 is 5.11 Å². The normalized spacial score (nSPS) is 20.7. The first kappa shape index (κ1) is 18.0. The minimum atomic E-state index is -0.174. The van der Waals surface area contributed by atoms with E-state index in [1.54, 1.807) is 0 Å². The van der Waals surface area contributed by atoms with Crippen molar-refractivity contribution in [1.29, 1.82) is 0 Å². The monoisotopic (exact) mass is 361 g/mol. The molecule has 4 rings (SSSR count). The minimum absolute atomic E-state index is 0.174. The molecule has 1 aromatic heterocycles. The lowest BCUT2D eigenvalue weighted by atomic mass is 9.74. The van der Waals surface area contributed by atoms with E-state index >= 15 is 0 Å². The van der Waals surface area contributed by atoms with E-state index in [1.165, 1.54) is 22.3 Å². The predicted octanol–water partition coefficient (Wildman–Crippen LogP) is 3.91. The zero-order chi connectivity index (χ0) is 18.7. The molecule has 2 heterocycles. The summed E-state index contributed by atoms with van der Waals surface area (Å²) in [6.07, 6.45) is 4.06. The lowest BCUT2D eigenvalue weighted by molar-refractivity contribution is 0.0851. The van der Waals surface area contributed by atoms with E-state index in [0.29, 0.717) is 0 Å². The highest BCUT2D eigenvalue weighted by atomic mass is 16.3. The maximum absolute atomic E-state index is 10.3. The molecule has 1 atom stereocenters. The Morgan fingerprint density at radius 3 is 2.78 bits per heavy atom. The highest BCUT2D eigenvalue weighted by Gasteiger charge is 2.36. The maximum atomic E-state index is 10.3. The van der Waals surface area contributed by atoms with Gasteiger partial charge in [0.25, 0.3) is 0 Å². The summed E-state index contributed by atoms with van der Waals surface area (Å²) in [6.45, 7) is 5.05. The van der Waals surface area contributed by atoms with Crippen molar-refractivity contribution in [2.24, 2.45) is 0 Å². The molecule has 0 bridgehead atoms. The number of piperidine rings is 1. The second-order valence-electron chi connectivity index (χ2n) is 7.76. The summed E-state index contributed by atoms with van der Waals surface area (Å²) in [5.74, 6) is 0. The lowest BCUT2D eigenvalue weighted by Gasteiger charge is -2.42. The molecule has 1 fully saturated rings. The third kappa shape index (κ3) is 3.68. The summed E-state index contributed by atoms with van der Waals surface area (Å²) in [5, 5.41) is 17.7. The second kappa shape index (κ2) is 7.67. The summed E-state index contributed by atoms with van der Waals surface area (Å²) in [4.78, 5) is 2.46. The van der Waals surface area contributed by atoms with Gasteiger partial charge in [0, 0.05) is 29.6 Å². The highest BCUT2D eigenvalue weighted by Crippen LogP contribution is 2.35. The Kier molecular flexibility index (Phi) is 5.10. The Morgan fingerprint density at radius 2 is 2.00 bits per heavy atom. The number of aliphatic hydroxyl groups excluding tert-OH is 1. The fraction of sp³-hybridized carbons (Fsp3) is 0.348. The number of aromatic amines is 1. The third-order valence-electron chi connectivity index (χ3n) is 5.76. The molecule has 2 N–H and O–H groups in total. The van der Waals surface area contributed by atoms with Gasteiger partial charge in [0.1, 0.15) is 0 Å². The molecule has 3 aromatic rings. The van der Waals surface area contributed by atoms with Crippen LogP contribution in [0.1, 0.15) is 29.5 Å². The molecule has 1 aliphatic rings. The van der Waals surface area contributed by atoms with Crippen molar-refractivity contribution in [2.75, 3.05) is 19.7 Å². The Hall–Kier alpha value is -2.43. The Bertz CT molecular complexity index is 889. The predicted molar refractivity (Wildman–Crippen MR) is 108 cm³/mol. The SMILES string of the molecule is Cc1cccc(-c2[nH]ncc2CN2CCCC(CO)(c3ccccc3)C2)c1. The standard InChI is InChI=1S/C23H27N3O/c1-18-7-5-8-19(13-18)22-20(14-24-25-22)15-26-12-6-11-23(16-26,17-27)21-9-3-2-4-10-21/h2-5,7-10,13-14,27H,6,11-12,15-17H2,1H3,(H,24,25). The van der Waals surface area contributed by atoms with Crippen LogP contribution in [0, 0.1) is 6.92 Å². The molecule has 140 valence electrons. The first-order valence-corrected chi connectivity index (χ1v) is 9.68. The van der Waals surface area contributed by atoms with Gasteiger partial charge in [0.15, 0.2) is 0 Å². The quantitative estimate of drug-likeness (QED) is 0.724. The van der Waals surface area contributed by atoms with Gasteiger partial charge in [-0.15, -0.1) is 0 Å². The van der Waals surface area contributed by atoms with E-state index < -0.39 is 0 Å². The van der Waals surface area contributed by atoms with Crippen LogP contribution in [-0.2, 0) is 12.0 Å². The first-order valence-electron chi connectivity index (χ1n) is 9.68. The molecule has 0 saturated carbocycles. The fourth-order valence-corrected chi connectivity index (χ4v) is 4.33. The van der Waals surface area contributed by atoms with Gasteiger partial charge in [0.2, 0.25) is 0 Å². The molecule has 0 amide bonds. The van der Waals surface area contributed by atoms with Crippen molar-refractivity contribution in [1.82, 2.24) is 15.1 Å². The number of H-pyrrole nitrogens is 1. The average Bonchev–Trinajstić information content (AvgIpc) is 3.17. The molecular weight excluding hydrogens is 334 g/mol. The van der Waals surface area contributed by atoms with Gasteiger partial charge in [-0.3, -0.25) is 10.00 Å². The zero-order valence-electron chi connectivity index (χ0n) is 15.9. The smallest absolute Gasteiger partial charge is 0.0695 e. The number of likely N-dealkylation sites (tertiary alicyclic amines) is 1. The maximum Gasteiger partial charge on any atom is 0.0695 e. The van der Waals surface area contributed by atoms with Crippen LogP contribution in [0.25, 0.3) is 11.3 Å². The van der Waals surface area contributed by atoms with Gasteiger partial charge >= 0.3 is 0 Å². The van der Waals surface area contributed by atoms with Crippen molar-refractivity contribution >= 4 is 0 Å². The van der Waals surface area contributed by atoms with Crippen molar-refractivity contribution in [3.8, 4) is 11.3 Å². The van der Waals surface area contributed by atoms with Crippen LogP contribution >= 0.6 is 0 Å². The zero-order valence-corrected chi connectivity index (χ0v) is 15.9. The Balaban J connectivity index is 1.57. The molecule has 27 heavy (non-hydrogen) atoms. The van der Waals surface area contributed by atoms with E-state index in [9.17, 15) is 5.11 Å². The molecule has 0 radical (unpaired) electrons. The highest BCUT2D eigenvalue weighted by molar-refractivity contribution is 5.63. The number of nitrogens with one attached hydrogen (secondary N) is 1. The van der Waals surface area contributed by atoms with Gasteiger partial charge < -0.3 is 5.11 Å². The average molecular weight is 361 g/mol. The molecule has 0 spiro atoms. The van der Waals surface area contributed by atoms with Crippen molar-refractivity contribution in [2.45, 2.75) is 31.7 Å². The van der Waals surface area contributed by atoms with Crippen LogP contribution in [-0.4, -0.2) is 39.9 Å². The van der Waals surface area contributed by atoms with Crippen LogP contribution < -0.4 is 0 Å². The molecule has 1 unspecified atom stereocenters. The van der Waals surface area contributed by atoms with E-state index in [1.807, 2.05) is 12.3 Å². The lowest BCUT2D eigenvalue weighted by Crippen LogP contribution is -2.48. The molecule has 4 heteroatoms. The second-order valence-corrected chi connectivity index (χ2v) is 7.76. The topological polar surface area (TPSA) is 52.2 Å². The molecule has 1 saturated heterocycles. The Labute approximate surface area is 160 Å². The van der Waals surface area contributed by atoms with Crippen LogP contribution in [0.4, 0.5) is 0 Å². The van der Waals surface area contributed by atoms with Crippen LogP contribution in [0.5, 0.6) is 0 Å². The molecule has 4 nitrogen and oxygen atoms in total. The molecule has 1 aliphatic heterocycles. The number of aliphatic hydroxyl groups is 1. The molecular formula is C23H27N3O. The van der Waals surface area contributed by atoms with E-state index in [-0.39, 0.29) is 12.0 Å². The summed E-state index contributed by atoms with van der Waals surface area (Å²) in [5.41, 5.74) is 5.79. The van der Waals surface area contributed by atoms with Crippen LogP contribution in [0.2, 0.25) is 0 Å². The summed E-state index contributed by atoms with van der Waals surface area (Å²) in [6, 6.07) is 19.0. The largest absolute Gasteiger partial charge is 0.395 e. The third-order valence-corrected chi connectivity index (χ3v) is 5.76. The first-order chi connectivity index (χ1) is 13.2. The van der Waals surface area contributed by atoms with Crippen LogP contribution in [0.15, 0.2) is 60.8 Å². The number of aromatic nitrogens is 2. The van der Waals surface area contributed by atoms with Crippen molar-refractivity contribution in [3.63, 3.8) is 0 Å². The van der Waals surface area contributed by atoms with Gasteiger partial charge in [-0.2, -0.15) is 5.10 Å². The number of rotatable bonds is 5. The fourth-order valence-electron chi connectivity index (χ4n) is 4.33. The Morgan fingerprint density at radius 1 is 1.15 bits per heavy atom. The summed E-state index contributed by atoms with van der Waals surface area (Å²) >= 11 is 0. The van der Waals surface area contributed by atoms with E-state index in [2.05, 4.69) is 70.6 Å². The van der Waals surface area contributed by atoms with Gasteiger partial charge in [-0.1, -0.05) is 54.1 Å². The molecule has 0 aliphatic carbocycles. The van der Waals surface area contributed by atoms with Gasteiger partial charge in [0.05, 0.1) is 18.5 Å². The number of nitrogens with zero attached hydrogens (tertiary/aromatic N) is 2. The number of hydrogen-bond donors (Lipinski definition) is 2.